The minimum atomic E-state index is 0.667. The minimum absolute atomic E-state index is 0.667. The highest BCUT2D eigenvalue weighted by molar-refractivity contribution is 7.07. The summed E-state index contributed by atoms with van der Waals surface area (Å²) in [7, 11) is 0. The predicted molar refractivity (Wildman–Crippen MR) is 314 cm³/mol. The van der Waals surface area contributed by atoms with Gasteiger partial charge in [0.25, 0.3) is 0 Å². The Morgan fingerprint density at radius 2 is 0.905 bits per heavy atom. The third kappa shape index (κ3) is 64.2. The summed E-state index contributed by atoms with van der Waals surface area (Å²) in [4.78, 5) is 27.8. The van der Waals surface area contributed by atoms with Gasteiger partial charge in [0.15, 0.2) is 12.7 Å². The normalized spacial score (nSPS) is 8.57. The molecule has 84 heavy (non-hydrogen) atoms. The molecule has 0 bridgehead atoms. The van der Waals surface area contributed by atoms with Gasteiger partial charge in [-0.3, -0.25) is 30.1 Å². The first-order chi connectivity index (χ1) is 42.0. The lowest BCUT2D eigenvalue weighted by atomic mass is 10.5. The van der Waals surface area contributed by atoms with Crippen molar-refractivity contribution in [1.82, 2.24) is 111 Å². The molecule has 1 aliphatic heterocycles. The number of furan rings is 2. The first-order valence-electron chi connectivity index (χ1n) is 23.7. The monoisotopic (exact) mass is 1170 g/mol. The van der Waals surface area contributed by atoms with Gasteiger partial charge >= 0.3 is 0 Å². The number of hydrogen-bond acceptors (Lipinski definition) is 26. The van der Waals surface area contributed by atoms with Crippen LogP contribution in [0, 0.1) is 0 Å². The summed E-state index contributed by atoms with van der Waals surface area (Å²) < 4.78 is 18.0. The molecule has 16 rings (SSSR count). The lowest BCUT2D eigenvalue weighted by Crippen LogP contribution is -1.69. The molecule has 432 valence electrons. The van der Waals surface area contributed by atoms with E-state index < -0.39 is 0 Å². The van der Waals surface area contributed by atoms with Gasteiger partial charge < -0.3 is 27.6 Å². The molecule has 0 atom stereocenters. The van der Waals surface area contributed by atoms with Gasteiger partial charge in [-0.05, 0) is 107 Å². The average Bonchev–Trinajstić information content (AvgIpc) is 4.42. The van der Waals surface area contributed by atoms with Crippen LogP contribution in [0.25, 0.3) is 0 Å². The van der Waals surface area contributed by atoms with E-state index in [1.165, 1.54) is 55.8 Å². The average molecular weight is 1170 g/mol. The van der Waals surface area contributed by atoms with Crippen LogP contribution in [0.4, 0.5) is 0 Å². The van der Waals surface area contributed by atoms with Crippen LogP contribution in [-0.4, -0.2) is 124 Å². The van der Waals surface area contributed by atoms with E-state index in [9.17, 15) is 0 Å². The van der Waals surface area contributed by atoms with Crippen LogP contribution in [-0.2, 0) is 0 Å². The van der Waals surface area contributed by atoms with Crippen molar-refractivity contribution in [3.63, 3.8) is 0 Å². The first-order valence-corrected chi connectivity index (χ1v) is 25.5. The minimum Gasteiger partial charge on any atom is -0.473 e. The van der Waals surface area contributed by atoms with Crippen LogP contribution >= 0.6 is 22.7 Å². The van der Waals surface area contributed by atoms with Gasteiger partial charge in [0, 0.05) is 99.1 Å². The van der Waals surface area contributed by atoms with E-state index in [1.807, 2.05) is 151 Å². The number of tetrazole rings is 1. The van der Waals surface area contributed by atoms with E-state index >= 15 is 0 Å². The number of nitrogens with zero attached hydrogens (tertiary/aromatic N) is 20. The molecular formula is C53H59N25O4S2. The highest BCUT2D eigenvalue weighted by Gasteiger charge is 1.76. The highest BCUT2D eigenvalue weighted by atomic mass is 32.1. The Bertz CT molecular complexity index is 2190. The molecule has 31 heteroatoms. The van der Waals surface area contributed by atoms with Gasteiger partial charge in [-0.1, -0.05) is 29.5 Å². The van der Waals surface area contributed by atoms with Crippen molar-refractivity contribution in [2.45, 2.75) is 0 Å². The predicted octanol–water partition coefficient (Wildman–Crippen LogP) is 10.6. The number of pyridine rings is 2. The molecule has 16 heterocycles. The maximum absolute atomic E-state index is 4.58. The van der Waals surface area contributed by atoms with E-state index in [0.29, 0.717) is 6.54 Å². The summed E-state index contributed by atoms with van der Waals surface area (Å²) in [6.07, 6.45) is 47.2. The summed E-state index contributed by atoms with van der Waals surface area (Å²) in [5.74, 6) is 0. The number of nitrogens with one attached hydrogen (secondary N) is 5. The third-order valence-corrected chi connectivity index (χ3v) is 7.70. The van der Waals surface area contributed by atoms with Crippen molar-refractivity contribution >= 4 is 28.9 Å². The smallest absolute Gasteiger partial charge is 0.203 e. The molecule has 5 N–H and O–H groups in total. The number of thiophene rings is 1. The van der Waals surface area contributed by atoms with E-state index in [0.717, 1.165) is 0 Å². The second-order valence-electron chi connectivity index (χ2n) is 12.5. The van der Waals surface area contributed by atoms with Crippen molar-refractivity contribution in [2.75, 3.05) is 6.54 Å². The Hall–Kier alpha value is -12.1. The zero-order valence-electron chi connectivity index (χ0n) is 44.6. The molecule has 0 saturated heterocycles. The van der Waals surface area contributed by atoms with Crippen LogP contribution in [0.5, 0.6) is 0 Å². The standard InChI is InChI=1S/2C5H5N.2C4H4N2.2C4H5N.2C4H4O.C4H4S.C3H4N2.C3H3NO.2C2H3N3.C2H2N2O.C2H2N2S.CH2N4/c2*1-2-4-6-5-3-1;1-2-6-4-3-5-1;1-2-4-6-5-3-1;6*1-2-4-5-3-1;1-2-5-3-4-1;1-3-2-5-4-1;1-2-4-5-3-1;2*1-3-4-2-5-1;1-2-4-5-3-1/h2*1-5H;2*1-4H;2*1-5H;3*1-4H;1-3H,(H,4,5);1-3H;1-2H,(H,3,4,5);1H,2H2;2*1-2H;1H,(H,2,3,4,5). The van der Waals surface area contributed by atoms with Gasteiger partial charge in [0.2, 0.25) is 12.8 Å². The lowest BCUT2D eigenvalue weighted by Gasteiger charge is -1.70. The zero-order chi connectivity index (χ0) is 59.4. The van der Waals surface area contributed by atoms with Crippen molar-refractivity contribution in [3.8, 4) is 0 Å². The van der Waals surface area contributed by atoms with Gasteiger partial charge in [0.1, 0.15) is 29.9 Å². The number of aromatic nitrogens is 22. The summed E-state index contributed by atoms with van der Waals surface area (Å²) in [6, 6.07) is 36.1. The second-order valence-corrected chi connectivity index (χ2v) is 14.0. The van der Waals surface area contributed by atoms with E-state index in [2.05, 4.69) is 145 Å². The summed E-state index contributed by atoms with van der Waals surface area (Å²) in [5.41, 5.74) is 3.36. The molecular weight excluding hydrogens is 1110 g/mol. The number of hydrogen-bond donors (Lipinski definition) is 5. The number of H-pyrrole nitrogens is 5. The molecule has 1 aliphatic rings. The summed E-state index contributed by atoms with van der Waals surface area (Å²) in [5, 5.41) is 59.3. The second kappa shape index (κ2) is 67.0. The summed E-state index contributed by atoms with van der Waals surface area (Å²) in [6.45, 7) is 0.667. The molecule has 15 aromatic rings. The fourth-order valence-corrected chi connectivity index (χ4v) is 4.23. The Morgan fingerprint density at radius 1 is 0.345 bits per heavy atom. The molecule has 0 unspecified atom stereocenters. The molecule has 0 aliphatic carbocycles. The van der Waals surface area contributed by atoms with Crippen LogP contribution in [0.15, 0.2) is 345 Å². The third-order valence-electron chi connectivity index (χ3n) is 6.64. The highest BCUT2D eigenvalue weighted by Crippen LogP contribution is 1.91. The van der Waals surface area contributed by atoms with Crippen molar-refractivity contribution in [2.24, 2.45) is 15.4 Å². The molecule has 0 saturated carbocycles. The maximum Gasteiger partial charge on any atom is 0.203 e. The van der Waals surface area contributed by atoms with Crippen LogP contribution in [0.3, 0.4) is 0 Å². The molecule has 15 aromatic heterocycles. The molecule has 0 radical (unpaired) electrons. The molecule has 29 nitrogen and oxygen atoms in total. The Morgan fingerprint density at radius 3 is 1.06 bits per heavy atom. The fraction of sp³-hybridized carbons (Fsp3) is 0.0189. The van der Waals surface area contributed by atoms with Crippen molar-refractivity contribution in [1.29, 1.82) is 0 Å². The number of aromatic amines is 5. The Kier molecular flexibility index (Phi) is 55.7. The molecule has 0 spiro atoms. The molecule has 0 aromatic carbocycles. The van der Waals surface area contributed by atoms with Gasteiger partial charge in [0.05, 0.1) is 44.0 Å². The van der Waals surface area contributed by atoms with Crippen molar-refractivity contribution < 1.29 is 17.7 Å². The van der Waals surface area contributed by atoms with Crippen LogP contribution in [0.2, 0.25) is 0 Å². The maximum atomic E-state index is 4.58. The Labute approximate surface area is 489 Å². The lowest BCUT2D eigenvalue weighted by molar-refractivity contribution is 0.553. The van der Waals surface area contributed by atoms with E-state index in [-0.39, 0.29) is 0 Å². The zero-order valence-corrected chi connectivity index (χ0v) is 46.3. The molecule has 0 fully saturated rings. The first kappa shape index (κ1) is 69.9. The summed E-state index contributed by atoms with van der Waals surface area (Å²) >= 11 is 3.20. The topological polar surface area (TPSA) is 388 Å². The van der Waals surface area contributed by atoms with Crippen molar-refractivity contribution in [3.05, 3.63) is 312 Å². The van der Waals surface area contributed by atoms with Crippen LogP contribution < -0.4 is 0 Å². The Balaban J connectivity index is 0.000000448. The van der Waals surface area contributed by atoms with Gasteiger partial charge in [-0.2, -0.15) is 42.1 Å². The quantitative estimate of drug-likeness (QED) is 0.0941. The molecule has 0 amide bonds. The largest absolute Gasteiger partial charge is 0.473 e. The van der Waals surface area contributed by atoms with E-state index in [4.69, 9.17) is 0 Å². The van der Waals surface area contributed by atoms with Crippen LogP contribution in [0.1, 0.15) is 0 Å². The number of oxazole rings is 1. The SMILES string of the molecule is C1=NN=NC1.c1cc[nH]c1.c1cc[nH]c1.c1ccncc1.c1ccncc1.c1ccnnc1.c1ccoc1.c1ccoc1.c1ccsc1.c1cn[nH]c1.c1cnccn1.c1cocn1.c1nc[nH]n1.c1nn[nH]n1.c1nnco1.c1nncs1. The number of rotatable bonds is 0. The van der Waals surface area contributed by atoms with Gasteiger partial charge in [-0.25, -0.2) is 9.97 Å². The fourth-order valence-electron chi connectivity index (χ4n) is 3.51. The van der Waals surface area contributed by atoms with E-state index in [1.54, 1.807) is 134 Å². The van der Waals surface area contributed by atoms with Gasteiger partial charge in [-0.15, -0.1) is 47.0 Å².